The van der Waals surface area contributed by atoms with Crippen LogP contribution < -0.4 is 10.2 Å². The third kappa shape index (κ3) is 5.28. The standard InChI is InChI=1S/C16H15ClN2O2/c1-12(20)19-18-10-13-4-8-16(9-5-13)21-11-14-2-6-15(17)7-3-14/h2-10H,11H2,1H3,(H,19,20)/b18-10+. The third-order valence-corrected chi connectivity index (χ3v) is 2.89. The lowest BCUT2D eigenvalue weighted by Gasteiger charge is -2.06. The molecule has 0 radical (unpaired) electrons. The van der Waals surface area contributed by atoms with Gasteiger partial charge in [-0.1, -0.05) is 23.7 Å². The molecule has 2 aromatic carbocycles. The van der Waals surface area contributed by atoms with Crippen LogP contribution in [0.25, 0.3) is 0 Å². The number of benzene rings is 2. The molecule has 2 aromatic rings. The number of hydrazone groups is 1. The first-order valence-electron chi connectivity index (χ1n) is 6.40. The molecule has 2 rings (SSSR count). The highest BCUT2D eigenvalue weighted by Gasteiger charge is 1.97. The Morgan fingerprint density at radius 3 is 2.48 bits per heavy atom. The Morgan fingerprint density at radius 2 is 1.86 bits per heavy atom. The number of nitrogens with zero attached hydrogens (tertiary/aromatic N) is 1. The largest absolute Gasteiger partial charge is 0.489 e. The molecular weight excluding hydrogens is 288 g/mol. The Kier molecular flexibility index (Phi) is 5.35. The fourth-order valence-electron chi connectivity index (χ4n) is 1.60. The molecule has 1 N–H and O–H groups in total. The van der Waals surface area contributed by atoms with Gasteiger partial charge in [-0.2, -0.15) is 5.10 Å². The van der Waals surface area contributed by atoms with Crippen molar-refractivity contribution in [1.29, 1.82) is 0 Å². The summed E-state index contributed by atoms with van der Waals surface area (Å²) in [5.74, 6) is 0.566. The molecule has 1 amide bonds. The quantitative estimate of drug-likeness (QED) is 0.680. The van der Waals surface area contributed by atoms with E-state index < -0.39 is 0 Å². The van der Waals surface area contributed by atoms with Crippen molar-refractivity contribution in [2.75, 3.05) is 0 Å². The van der Waals surface area contributed by atoms with E-state index in [0.717, 1.165) is 16.9 Å². The molecule has 0 aromatic heterocycles. The van der Waals surface area contributed by atoms with Gasteiger partial charge in [0.2, 0.25) is 5.91 Å². The first kappa shape index (κ1) is 15.1. The monoisotopic (exact) mass is 302 g/mol. The number of nitrogens with one attached hydrogen (secondary N) is 1. The summed E-state index contributed by atoms with van der Waals surface area (Å²) in [7, 11) is 0. The smallest absolute Gasteiger partial charge is 0.236 e. The van der Waals surface area contributed by atoms with Crippen molar-refractivity contribution in [1.82, 2.24) is 5.43 Å². The Morgan fingerprint density at radius 1 is 1.19 bits per heavy atom. The van der Waals surface area contributed by atoms with Gasteiger partial charge < -0.3 is 4.74 Å². The highest BCUT2D eigenvalue weighted by molar-refractivity contribution is 6.30. The topological polar surface area (TPSA) is 50.7 Å². The zero-order valence-electron chi connectivity index (χ0n) is 11.5. The highest BCUT2D eigenvalue weighted by atomic mass is 35.5. The highest BCUT2D eigenvalue weighted by Crippen LogP contribution is 2.15. The average Bonchev–Trinajstić information content (AvgIpc) is 2.48. The number of amides is 1. The van der Waals surface area contributed by atoms with Gasteiger partial charge in [0, 0.05) is 11.9 Å². The van der Waals surface area contributed by atoms with E-state index in [2.05, 4.69) is 10.5 Å². The van der Waals surface area contributed by atoms with E-state index in [1.807, 2.05) is 48.5 Å². The molecule has 5 heteroatoms. The minimum absolute atomic E-state index is 0.200. The fourth-order valence-corrected chi connectivity index (χ4v) is 1.72. The van der Waals surface area contributed by atoms with Crippen molar-refractivity contribution in [3.05, 3.63) is 64.7 Å². The lowest BCUT2D eigenvalue weighted by atomic mass is 10.2. The Bertz CT molecular complexity index is 622. The van der Waals surface area contributed by atoms with E-state index >= 15 is 0 Å². The van der Waals surface area contributed by atoms with Crippen LogP contribution in [-0.4, -0.2) is 12.1 Å². The predicted molar refractivity (Wildman–Crippen MR) is 83.6 cm³/mol. The summed E-state index contributed by atoms with van der Waals surface area (Å²) >= 11 is 5.83. The maximum absolute atomic E-state index is 10.7. The van der Waals surface area contributed by atoms with Crippen LogP contribution in [0.1, 0.15) is 18.1 Å². The van der Waals surface area contributed by atoms with Crippen LogP contribution >= 0.6 is 11.6 Å². The molecule has 108 valence electrons. The summed E-state index contributed by atoms with van der Waals surface area (Å²) in [6.45, 7) is 1.89. The van der Waals surface area contributed by atoms with E-state index in [4.69, 9.17) is 16.3 Å². The van der Waals surface area contributed by atoms with Crippen LogP contribution in [0.15, 0.2) is 53.6 Å². The van der Waals surface area contributed by atoms with Crippen LogP contribution in [0.5, 0.6) is 5.75 Å². The van der Waals surface area contributed by atoms with Crippen molar-refractivity contribution in [3.8, 4) is 5.75 Å². The van der Waals surface area contributed by atoms with Crippen LogP contribution in [-0.2, 0) is 11.4 Å². The predicted octanol–water partition coefficient (Wildman–Crippen LogP) is 3.39. The minimum atomic E-state index is -0.200. The number of hydrogen-bond acceptors (Lipinski definition) is 3. The second kappa shape index (κ2) is 7.45. The molecule has 4 nitrogen and oxygen atoms in total. The van der Waals surface area contributed by atoms with Gasteiger partial charge in [0.1, 0.15) is 12.4 Å². The van der Waals surface area contributed by atoms with Gasteiger partial charge >= 0.3 is 0 Å². The average molecular weight is 303 g/mol. The second-order valence-corrected chi connectivity index (χ2v) is 4.85. The molecular formula is C16H15ClN2O2. The van der Waals surface area contributed by atoms with Crippen molar-refractivity contribution >= 4 is 23.7 Å². The number of carbonyl (C=O) groups excluding carboxylic acids is 1. The van der Waals surface area contributed by atoms with Gasteiger partial charge in [-0.15, -0.1) is 0 Å². The van der Waals surface area contributed by atoms with Gasteiger partial charge in [0.05, 0.1) is 6.21 Å². The van der Waals surface area contributed by atoms with Crippen LogP contribution in [0.4, 0.5) is 0 Å². The minimum Gasteiger partial charge on any atom is -0.489 e. The molecule has 0 spiro atoms. The zero-order chi connectivity index (χ0) is 15.1. The molecule has 0 unspecified atom stereocenters. The Hall–Kier alpha value is -2.33. The number of ether oxygens (including phenoxy) is 1. The lowest BCUT2D eigenvalue weighted by Crippen LogP contribution is -2.12. The SMILES string of the molecule is CC(=O)N/N=C/c1ccc(OCc2ccc(Cl)cc2)cc1. The second-order valence-electron chi connectivity index (χ2n) is 4.41. The molecule has 0 aliphatic carbocycles. The van der Waals surface area contributed by atoms with Gasteiger partial charge in [-0.25, -0.2) is 5.43 Å². The maximum Gasteiger partial charge on any atom is 0.236 e. The Labute approximate surface area is 128 Å². The van der Waals surface area contributed by atoms with Gasteiger partial charge in [-0.05, 0) is 47.5 Å². The van der Waals surface area contributed by atoms with Crippen molar-refractivity contribution in [2.24, 2.45) is 5.10 Å². The van der Waals surface area contributed by atoms with Crippen LogP contribution in [0, 0.1) is 0 Å². The summed E-state index contributed by atoms with van der Waals surface area (Å²) in [6.07, 6.45) is 1.57. The summed E-state index contributed by atoms with van der Waals surface area (Å²) in [4.78, 5) is 10.7. The number of hydrogen-bond donors (Lipinski definition) is 1. The molecule has 0 saturated carbocycles. The number of halogens is 1. The van der Waals surface area contributed by atoms with Crippen LogP contribution in [0.3, 0.4) is 0 Å². The molecule has 0 saturated heterocycles. The van der Waals surface area contributed by atoms with Gasteiger partial charge in [-0.3, -0.25) is 4.79 Å². The first-order chi connectivity index (χ1) is 10.1. The summed E-state index contributed by atoms with van der Waals surface area (Å²) in [5.41, 5.74) is 4.28. The molecule has 0 fully saturated rings. The fraction of sp³-hybridized carbons (Fsp3) is 0.125. The summed E-state index contributed by atoms with van der Waals surface area (Å²) in [6, 6.07) is 15.0. The zero-order valence-corrected chi connectivity index (χ0v) is 12.3. The third-order valence-electron chi connectivity index (χ3n) is 2.63. The normalized spacial score (nSPS) is 10.6. The van der Waals surface area contributed by atoms with E-state index in [-0.39, 0.29) is 5.91 Å². The number of rotatable bonds is 5. The van der Waals surface area contributed by atoms with Crippen molar-refractivity contribution in [3.63, 3.8) is 0 Å². The molecule has 0 bridgehead atoms. The molecule has 21 heavy (non-hydrogen) atoms. The first-order valence-corrected chi connectivity index (χ1v) is 6.78. The van der Waals surface area contributed by atoms with Gasteiger partial charge in [0.25, 0.3) is 0 Å². The summed E-state index contributed by atoms with van der Waals surface area (Å²) < 4.78 is 5.67. The lowest BCUT2D eigenvalue weighted by molar-refractivity contribution is -0.118. The van der Waals surface area contributed by atoms with Crippen molar-refractivity contribution in [2.45, 2.75) is 13.5 Å². The van der Waals surface area contributed by atoms with Gasteiger partial charge in [0.15, 0.2) is 0 Å². The molecule has 0 atom stereocenters. The molecule has 0 aliphatic heterocycles. The summed E-state index contributed by atoms with van der Waals surface area (Å²) in [5, 5.41) is 4.50. The van der Waals surface area contributed by atoms with Crippen LogP contribution in [0.2, 0.25) is 5.02 Å². The van der Waals surface area contributed by atoms with Crippen molar-refractivity contribution < 1.29 is 9.53 Å². The van der Waals surface area contributed by atoms with E-state index in [0.29, 0.717) is 11.6 Å². The number of carbonyl (C=O) groups is 1. The van der Waals surface area contributed by atoms with E-state index in [1.165, 1.54) is 6.92 Å². The Balaban J connectivity index is 1.88. The molecule has 0 aliphatic rings. The maximum atomic E-state index is 10.7. The van der Waals surface area contributed by atoms with E-state index in [1.54, 1.807) is 6.21 Å². The van der Waals surface area contributed by atoms with E-state index in [9.17, 15) is 4.79 Å². The molecule has 0 heterocycles.